The molecular weight excluding hydrogens is 516 g/mol. The molecule has 8 nitrogen and oxygen atoms in total. The van der Waals surface area contributed by atoms with Crippen molar-refractivity contribution in [3.8, 4) is 17.2 Å². The number of hydrogen-bond acceptors (Lipinski definition) is 8. The molecule has 0 saturated carbocycles. The van der Waals surface area contributed by atoms with Gasteiger partial charge in [0.1, 0.15) is 29.4 Å². The number of hydrogen-bond donors (Lipinski definition) is 1. The molecule has 1 fully saturated rings. The number of para-hydroxylation sites is 1. The number of benzene rings is 3. The van der Waals surface area contributed by atoms with Gasteiger partial charge in [0.2, 0.25) is 0 Å². The van der Waals surface area contributed by atoms with Crippen LogP contribution < -0.4 is 14.8 Å². The van der Waals surface area contributed by atoms with Crippen molar-refractivity contribution in [1.29, 1.82) is 0 Å². The molecule has 4 aromatic rings. The first kappa shape index (κ1) is 26.4. The third-order valence-corrected chi connectivity index (χ3v) is 7.61. The first-order chi connectivity index (χ1) is 20.0. The Kier molecular flexibility index (Phi) is 7.31. The van der Waals surface area contributed by atoms with Gasteiger partial charge < -0.3 is 19.7 Å². The van der Waals surface area contributed by atoms with E-state index in [1.165, 1.54) is 24.6 Å². The normalized spacial score (nSPS) is 16.1. The molecule has 8 heteroatoms. The van der Waals surface area contributed by atoms with Crippen LogP contribution in [-0.4, -0.2) is 53.7 Å². The van der Waals surface area contributed by atoms with Crippen LogP contribution in [0.1, 0.15) is 29.9 Å². The highest BCUT2D eigenvalue weighted by molar-refractivity contribution is 6.34. The molecule has 3 aromatic carbocycles. The first-order valence-electron chi connectivity index (χ1n) is 13.6. The number of ketones is 2. The summed E-state index contributed by atoms with van der Waals surface area (Å²) in [6.45, 7) is 2.09. The monoisotopic (exact) mass is 546 g/mol. The van der Waals surface area contributed by atoms with Gasteiger partial charge in [0.25, 0.3) is 0 Å². The summed E-state index contributed by atoms with van der Waals surface area (Å²) in [6.07, 6.45) is 7.57. The molecule has 1 aliphatic heterocycles. The Balaban J connectivity index is 1.40. The molecule has 1 aliphatic carbocycles. The molecule has 6 rings (SSSR count). The number of carbonyl (C=O) groups excluding carboxylic acids is 2. The van der Waals surface area contributed by atoms with E-state index in [0.29, 0.717) is 34.5 Å². The number of allylic oxidation sites excluding steroid dienone is 4. The van der Waals surface area contributed by atoms with E-state index in [1.807, 2.05) is 48.5 Å². The zero-order chi connectivity index (χ0) is 28.3. The van der Waals surface area contributed by atoms with Crippen LogP contribution in [0.25, 0.3) is 16.5 Å². The molecule has 0 spiro atoms. The average molecular weight is 547 g/mol. The molecule has 1 aromatic heterocycles. The van der Waals surface area contributed by atoms with Crippen LogP contribution in [0.2, 0.25) is 0 Å². The van der Waals surface area contributed by atoms with Crippen molar-refractivity contribution < 1.29 is 19.1 Å². The summed E-state index contributed by atoms with van der Waals surface area (Å²) in [5.41, 5.74) is 3.37. The lowest BCUT2D eigenvalue weighted by molar-refractivity contribution is -0.113. The van der Waals surface area contributed by atoms with Crippen molar-refractivity contribution in [2.75, 3.05) is 32.6 Å². The highest BCUT2D eigenvalue weighted by atomic mass is 16.5. The third-order valence-electron chi connectivity index (χ3n) is 7.61. The van der Waals surface area contributed by atoms with Crippen LogP contribution in [0.3, 0.4) is 0 Å². The first-order valence-corrected chi connectivity index (χ1v) is 13.6. The highest BCUT2D eigenvalue weighted by Crippen LogP contribution is 2.39. The SMILES string of the molecule is COc1cc2c(Nc3ccc(Oc4ccccc4)cc3C3=CC(=O)C=CC3=O)ncnc2cc1C1CCN(C)CC1. The molecule has 41 heavy (non-hydrogen) atoms. The summed E-state index contributed by atoms with van der Waals surface area (Å²) < 4.78 is 11.9. The lowest BCUT2D eigenvalue weighted by Gasteiger charge is -2.30. The number of aromatic nitrogens is 2. The predicted octanol–water partition coefficient (Wildman–Crippen LogP) is 6.07. The number of nitrogens with zero attached hydrogens (tertiary/aromatic N) is 3. The minimum atomic E-state index is -0.263. The van der Waals surface area contributed by atoms with E-state index < -0.39 is 0 Å². The van der Waals surface area contributed by atoms with E-state index in [1.54, 1.807) is 13.2 Å². The summed E-state index contributed by atoms with van der Waals surface area (Å²) in [5.74, 6) is 2.44. The highest BCUT2D eigenvalue weighted by Gasteiger charge is 2.24. The molecule has 0 radical (unpaired) electrons. The number of piperidine rings is 1. The quantitative estimate of drug-likeness (QED) is 0.279. The minimum absolute atomic E-state index is 0.251. The standard InChI is InChI=1S/C33H30N4O4/c1-37-14-12-21(13-15-37)25-18-30-28(19-32(25)40-2)33(35-20-34-30)36-29-10-9-24(41-23-6-4-3-5-7-23)17-26(29)27-16-22(38)8-11-31(27)39/h3-11,16-21H,12-15H2,1-2H3,(H,34,35,36). The largest absolute Gasteiger partial charge is 0.496 e. The summed E-state index contributed by atoms with van der Waals surface area (Å²) in [7, 11) is 3.84. The third kappa shape index (κ3) is 5.60. The Bertz CT molecular complexity index is 1690. The molecular formula is C33H30N4O4. The van der Waals surface area contributed by atoms with Crippen molar-refractivity contribution in [1.82, 2.24) is 14.9 Å². The maximum atomic E-state index is 12.9. The van der Waals surface area contributed by atoms with E-state index in [-0.39, 0.29) is 17.1 Å². The average Bonchev–Trinajstić information content (AvgIpc) is 2.99. The van der Waals surface area contributed by atoms with Gasteiger partial charge in [0.05, 0.1) is 12.6 Å². The molecule has 1 saturated heterocycles. The second kappa shape index (κ2) is 11.3. The molecule has 1 N–H and O–H groups in total. The van der Waals surface area contributed by atoms with Gasteiger partial charge in [-0.15, -0.1) is 0 Å². The van der Waals surface area contributed by atoms with Crippen molar-refractivity contribution in [2.24, 2.45) is 0 Å². The maximum absolute atomic E-state index is 12.9. The zero-order valence-corrected chi connectivity index (χ0v) is 23.0. The fourth-order valence-corrected chi connectivity index (χ4v) is 5.40. The lowest BCUT2D eigenvalue weighted by Crippen LogP contribution is -2.29. The Morgan fingerprint density at radius 2 is 1.73 bits per heavy atom. The van der Waals surface area contributed by atoms with Crippen LogP contribution >= 0.6 is 0 Å². The number of fused-ring (bicyclic) bond motifs is 1. The van der Waals surface area contributed by atoms with Gasteiger partial charge in [-0.2, -0.15) is 0 Å². The van der Waals surface area contributed by atoms with Gasteiger partial charge in [-0.05, 0) is 105 Å². The molecule has 0 bridgehead atoms. The Morgan fingerprint density at radius 3 is 2.51 bits per heavy atom. The van der Waals surface area contributed by atoms with Crippen LogP contribution in [0.15, 0.2) is 85.2 Å². The Hall–Kier alpha value is -4.82. The Morgan fingerprint density at radius 1 is 0.927 bits per heavy atom. The van der Waals surface area contributed by atoms with Crippen molar-refractivity contribution >= 4 is 39.5 Å². The number of methoxy groups -OCH3 is 1. The van der Waals surface area contributed by atoms with Crippen molar-refractivity contribution in [3.05, 3.63) is 96.3 Å². The maximum Gasteiger partial charge on any atom is 0.186 e. The number of rotatable bonds is 7. The van der Waals surface area contributed by atoms with E-state index in [2.05, 4.69) is 33.3 Å². The van der Waals surface area contributed by atoms with E-state index in [9.17, 15) is 9.59 Å². The van der Waals surface area contributed by atoms with E-state index >= 15 is 0 Å². The number of nitrogens with one attached hydrogen (secondary N) is 1. The van der Waals surface area contributed by atoms with Crippen LogP contribution in [0.4, 0.5) is 11.5 Å². The van der Waals surface area contributed by atoms with Crippen LogP contribution in [0.5, 0.6) is 17.2 Å². The van der Waals surface area contributed by atoms with Crippen molar-refractivity contribution in [3.63, 3.8) is 0 Å². The summed E-state index contributed by atoms with van der Waals surface area (Å²) in [5, 5.41) is 4.19. The molecule has 2 aliphatic rings. The molecule has 0 amide bonds. The van der Waals surface area contributed by atoms with Crippen LogP contribution in [-0.2, 0) is 9.59 Å². The fraction of sp³-hybridized carbons (Fsp3) is 0.212. The minimum Gasteiger partial charge on any atom is -0.496 e. The van der Waals surface area contributed by atoms with Gasteiger partial charge in [-0.3, -0.25) is 9.59 Å². The number of carbonyl (C=O) groups is 2. The molecule has 2 heterocycles. The predicted molar refractivity (Wildman–Crippen MR) is 159 cm³/mol. The number of anilines is 2. The van der Waals surface area contributed by atoms with Gasteiger partial charge >= 0.3 is 0 Å². The van der Waals surface area contributed by atoms with Gasteiger partial charge in [-0.25, -0.2) is 9.97 Å². The van der Waals surface area contributed by atoms with Gasteiger partial charge in [-0.1, -0.05) is 18.2 Å². The van der Waals surface area contributed by atoms with E-state index in [4.69, 9.17) is 9.47 Å². The van der Waals surface area contributed by atoms with E-state index in [0.717, 1.165) is 48.1 Å². The van der Waals surface area contributed by atoms with Gasteiger partial charge in [0, 0.05) is 22.2 Å². The zero-order valence-electron chi connectivity index (χ0n) is 23.0. The number of likely N-dealkylation sites (tertiary alicyclic amines) is 1. The smallest absolute Gasteiger partial charge is 0.186 e. The second-order valence-corrected chi connectivity index (χ2v) is 10.3. The molecule has 206 valence electrons. The van der Waals surface area contributed by atoms with Gasteiger partial charge in [0.15, 0.2) is 11.6 Å². The topological polar surface area (TPSA) is 93.6 Å². The Labute approximate surface area is 238 Å². The molecule has 0 unspecified atom stereocenters. The summed E-state index contributed by atoms with van der Waals surface area (Å²) in [4.78, 5) is 36.6. The second-order valence-electron chi connectivity index (χ2n) is 10.3. The fourth-order valence-electron chi connectivity index (χ4n) is 5.40. The van der Waals surface area contributed by atoms with Crippen LogP contribution in [0, 0.1) is 0 Å². The number of ether oxygens (including phenoxy) is 2. The summed E-state index contributed by atoms with van der Waals surface area (Å²) >= 11 is 0. The van der Waals surface area contributed by atoms with Crippen molar-refractivity contribution in [2.45, 2.75) is 18.8 Å². The summed E-state index contributed by atoms with van der Waals surface area (Å²) in [6, 6.07) is 18.9. The lowest BCUT2D eigenvalue weighted by atomic mass is 9.88. The molecule has 0 atom stereocenters.